The van der Waals surface area contributed by atoms with Crippen LogP contribution < -0.4 is 0 Å². The number of nitrogens with zero attached hydrogens (tertiary/aromatic N) is 2. The first kappa shape index (κ1) is 15.9. The molecule has 0 heterocycles. The van der Waals surface area contributed by atoms with Crippen LogP contribution in [0.25, 0.3) is 0 Å². The highest BCUT2D eigenvalue weighted by Gasteiger charge is 2.40. The normalized spacial score (nSPS) is 20.1. The van der Waals surface area contributed by atoms with Crippen LogP contribution in [0.15, 0.2) is 0 Å². The molecule has 7 heteroatoms. The van der Waals surface area contributed by atoms with Crippen molar-refractivity contribution in [1.82, 2.24) is 4.31 Å². The number of hydrogen-bond donors (Lipinski definition) is 1. The third-order valence-corrected chi connectivity index (χ3v) is 5.70. The van der Waals surface area contributed by atoms with Crippen molar-refractivity contribution in [3.05, 3.63) is 0 Å². The summed E-state index contributed by atoms with van der Waals surface area (Å²) in [4.78, 5) is 10.8. The number of rotatable bonds is 6. The van der Waals surface area contributed by atoms with Gasteiger partial charge in [-0.2, -0.15) is 5.26 Å². The van der Waals surface area contributed by atoms with Gasteiger partial charge in [0.05, 0.1) is 23.2 Å². The zero-order chi connectivity index (χ0) is 14.7. The molecule has 1 N–H and O–H groups in total. The van der Waals surface area contributed by atoms with Gasteiger partial charge < -0.3 is 5.11 Å². The molecule has 1 saturated carbocycles. The second-order valence-corrected chi connectivity index (χ2v) is 7.45. The topological polar surface area (TPSA) is 98.5 Å². The van der Waals surface area contributed by atoms with Crippen molar-refractivity contribution < 1.29 is 18.3 Å². The van der Waals surface area contributed by atoms with Crippen molar-refractivity contribution in [2.75, 3.05) is 19.3 Å². The van der Waals surface area contributed by atoms with Crippen LogP contribution >= 0.6 is 0 Å². The van der Waals surface area contributed by atoms with E-state index in [9.17, 15) is 18.5 Å². The quantitative estimate of drug-likeness (QED) is 0.787. The number of nitriles is 1. The molecule has 108 valence electrons. The minimum absolute atomic E-state index is 0.0703. The van der Waals surface area contributed by atoms with Gasteiger partial charge in [0.2, 0.25) is 10.0 Å². The van der Waals surface area contributed by atoms with E-state index in [0.717, 1.165) is 17.1 Å². The number of sulfonamides is 1. The predicted molar refractivity (Wildman–Crippen MR) is 69.7 cm³/mol. The molecule has 1 unspecified atom stereocenters. The summed E-state index contributed by atoms with van der Waals surface area (Å²) < 4.78 is 25.4. The highest BCUT2D eigenvalue weighted by molar-refractivity contribution is 7.89. The standard InChI is InChI=1S/C12H20N2O4S/c1-10(11(15)16)7-14(2)19(17,18)9-12(8-13)5-3-4-6-12/h10H,3-7,9H2,1-2H3,(H,15,16). The summed E-state index contributed by atoms with van der Waals surface area (Å²) >= 11 is 0. The van der Waals surface area contributed by atoms with Crippen LogP contribution in [0.4, 0.5) is 0 Å². The third-order valence-electron chi connectivity index (χ3n) is 3.68. The Morgan fingerprint density at radius 2 is 2.00 bits per heavy atom. The fourth-order valence-corrected chi connectivity index (χ4v) is 4.10. The second-order valence-electron chi connectivity index (χ2n) is 5.38. The summed E-state index contributed by atoms with van der Waals surface area (Å²) in [6.45, 7) is 1.39. The molecule has 6 nitrogen and oxygen atoms in total. The second kappa shape index (κ2) is 5.88. The van der Waals surface area contributed by atoms with Crippen LogP contribution in [0.5, 0.6) is 0 Å². The highest BCUT2D eigenvalue weighted by Crippen LogP contribution is 2.39. The molecule has 0 amide bonds. The Labute approximate surface area is 114 Å². The average molecular weight is 288 g/mol. The lowest BCUT2D eigenvalue weighted by Gasteiger charge is -2.25. The van der Waals surface area contributed by atoms with Crippen LogP contribution in [0.3, 0.4) is 0 Å². The van der Waals surface area contributed by atoms with E-state index in [1.165, 1.54) is 14.0 Å². The lowest BCUT2D eigenvalue weighted by Crippen LogP contribution is -2.39. The van der Waals surface area contributed by atoms with E-state index in [1.807, 2.05) is 0 Å². The van der Waals surface area contributed by atoms with E-state index in [2.05, 4.69) is 6.07 Å². The zero-order valence-corrected chi connectivity index (χ0v) is 12.1. The Hall–Kier alpha value is -1.13. The van der Waals surface area contributed by atoms with Gasteiger partial charge in [-0.25, -0.2) is 12.7 Å². The fourth-order valence-electron chi connectivity index (χ4n) is 2.38. The Balaban J connectivity index is 2.75. The molecule has 0 saturated heterocycles. The number of carboxylic acids is 1. The van der Waals surface area contributed by atoms with Gasteiger partial charge in [-0.1, -0.05) is 19.8 Å². The van der Waals surface area contributed by atoms with E-state index >= 15 is 0 Å². The predicted octanol–water partition coefficient (Wildman–Crippen LogP) is 1.05. The molecular weight excluding hydrogens is 268 g/mol. The molecule has 1 aliphatic carbocycles. The van der Waals surface area contributed by atoms with E-state index in [4.69, 9.17) is 5.11 Å². The Bertz CT molecular complexity index is 474. The number of carboxylic acid groups (broad SMARTS) is 1. The van der Waals surface area contributed by atoms with Crippen LogP contribution in [0.2, 0.25) is 0 Å². The molecule has 1 aliphatic rings. The lowest BCUT2D eigenvalue weighted by molar-refractivity contribution is -0.141. The fraction of sp³-hybridized carbons (Fsp3) is 0.833. The van der Waals surface area contributed by atoms with E-state index in [-0.39, 0.29) is 12.3 Å². The van der Waals surface area contributed by atoms with Gasteiger partial charge in [-0.05, 0) is 12.8 Å². The smallest absolute Gasteiger partial charge is 0.307 e. The van der Waals surface area contributed by atoms with Gasteiger partial charge in [-0.3, -0.25) is 4.79 Å². The summed E-state index contributed by atoms with van der Waals surface area (Å²) in [6, 6.07) is 2.14. The summed E-state index contributed by atoms with van der Waals surface area (Å²) in [6.07, 6.45) is 2.95. The summed E-state index contributed by atoms with van der Waals surface area (Å²) in [7, 11) is -2.23. The molecule has 0 radical (unpaired) electrons. The molecule has 1 atom stereocenters. The van der Waals surface area contributed by atoms with Gasteiger partial charge >= 0.3 is 5.97 Å². The van der Waals surface area contributed by atoms with Crippen LogP contribution in [0.1, 0.15) is 32.6 Å². The van der Waals surface area contributed by atoms with Gasteiger partial charge in [0.15, 0.2) is 0 Å². The van der Waals surface area contributed by atoms with Gasteiger partial charge in [-0.15, -0.1) is 0 Å². The first-order valence-corrected chi connectivity index (χ1v) is 7.91. The molecule has 0 aliphatic heterocycles. The molecule has 1 rings (SSSR count). The van der Waals surface area contributed by atoms with Crippen molar-refractivity contribution in [1.29, 1.82) is 5.26 Å². The van der Waals surface area contributed by atoms with Crippen molar-refractivity contribution in [2.24, 2.45) is 11.3 Å². The Morgan fingerprint density at radius 3 is 2.42 bits per heavy atom. The molecule has 0 bridgehead atoms. The van der Waals surface area contributed by atoms with Gasteiger partial charge in [0.25, 0.3) is 0 Å². The maximum Gasteiger partial charge on any atom is 0.307 e. The molecule has 1 fully saturated rings. The minimum Gasteiger partial charge on any atom is -0.481 e. The van der Waals surface area contributed by atoms with Crippen LogP contribution in [-0.2, 0) is 14.8 Å². The highest BCUT2D eigenvalue weighted by atomic mass is 32.2. The van der Waals surface area contributed by atoms with Crippen LogP contribution in [-0.4, -0.2) is 43.1 Å². The summed E-state index contributed by atoms with van der Waals surface area (Å²) in [5, 5.41) is 18.0. The molecular formula is C12H20N2O4S. The summed E-state index contributed by atoms with van der Waals surface area (Å²) in [5.74, 6) is -2.00. The first-order chi connectivity index (χ1) is 8.72. The van der Waals surface area contributed by atoms with E-state index < -0.39 is 27.3 Å². The zero-order valence-electron chi connectivity index (χ0n) is 11.3. The number of aliphatic carboxylic acids is 1. The molecule has 19 heavy (non-hydrogen) atoms. The molecule has 0 aromatic carbocycles. The molecule has 0 aromatic heterocycles. The van der Waals surface area contributed by atoms with Crippen molar-refractivity contribution >= 4 is 16.0 Å². The monoisotopic (exact) mass is 288 g/mol. The van der Waals surface area contributed by atoms with Crippen LogP contribution in [0, 0.1) is 22.7 Å². The van der Waals surface area contributed by atoms with E-state index in [0.29, 0.717) is 12.8 Å². The Kier molecular flexibility index (Phi) is 4.93. The average Bonchev–Trinajstić information content (AvgIpc) is 2.77. The number of carbonyl (C=O) groups is 1. The molecule has 0 spiro atoms. The Morgan fingerprint density at radius 1 is 1.47 bits per heavy atom. The molecule has 0 aromatic rings. The SMILES string of the molecule is CC(CN(C)S(=O)(=O)CC1(C#N)CCCC1)C(=O)O. The largest absolute Gasteiger partial charge is 0.481 e. The maximum absolute atomic E-state index is 12.2. The van der Waals surface area contributed by atoms with Gasteiger partial charge in [0, 0.05) is 13.6 Å². The van der Waals surface area contributed by atoms with Gasteiger partial charge in [0.1, 0.15) is 0 Å². The summed E-state index contributed by atoms with van der Waals surface area (Å²) in [5.41, 5.74) is -0.792. The minimum atomic E-state index is -3.60. The van der Waals surface area contributed by atoms with Crippen molar-refractivity contribution in [3.8, 4) is 6.07 Å². The van der Waals surface area contributed by atoms with Crippen molar-refractivity contribution in [3.63, 3.8) is 0 Å². The third kappa shape index (κ3) is 3.91. The maximum atomic E-state index is 12.2. The van der Waals surface area contributed by atoms with Crippen molar-refractivity contribution in [2.45, 2.75) is 32.6 Å². The van der Waals surface area contributed by atoms with E-state index in [1.54, 1.807) is 0 Å². The first-order valence-electron chi connectivity index (χ1n) is 6.30. The number of hydrogen-bond acceptors (Lipinski definition) is 4. The lowest BCUT2D eigenvalue weighted by atomic mass is 9.91.